The van der Waals surface area contributed by atoms with Gasteiger partial charge in [0.25, 0.3) is 10.0 Å². The second kappa shape index (κ2) is 5.41. The van der Waals surface area contributed by atoms with Crippen LogP contribution in [-0.4, -0.2) is 18.2 Å². The Bertz CT molecular complexity index is 745. The minimum absolute atomic E-state index is 0.100. The third-order valence-corrected chi connectivity index (χ3v) is 4.58. The van der Waals surface area contributed by atoms with Crippen molar-refractivity contribution in [2.45, 2.75) is 18.4 Å². The van der Waals surface area contributed by atoms with Gasteiger partial charge in [-0.15, -0.1) is 0 Å². The molecule has 0 saturated carbocycles. The maximum absolute atomic E-state index is 13.4. The maximum Gasteiger partial charge on any atom is 0.267 e. The second-order valence-electron chi connectivity index (χ2n) is 3.97. The van der Waals surface area contributed by atoms with Gasteiger partial charge in [-0.05, 0) is 41.1 Å². The summed E-state index contributed by atoms with van der Waals surface area (Å²) in [5, 5.41) is 3.86. The van der Waals surface area contributed by atoms with Crippen LogP contribution in [0.4, 0.5) is 15.9 Å². The average Bonchev–Trinajstić information content (AvgIpc) is 2.76. The van der Waals surface area contributed by atoms with Crippen LogP contribution < -0.4 is 10.5 Å². The number of anilines is 2. The molecule has 20 heavy (non-hydrogen) atoms. The molecule has 3 N–H and O–H groups in total. The first kappa shape index (κ1) is 14.8. The van der Waals surface area contributed by atoms with E-state index in [4.69, 9.17) is 5.73 Å². The number of rotatable bonds is 4. The maximum atomic E-state index is 13.4. The van der Waals surface area contributed by atoms with E-state index in [0.717, 1.165) is 6.07 Å². The van der Waals surface area contributed by atoms with Crippen molar-refractivity contribution >= 4 is 37.5 Å². The molecule has 2 rings (SSSR count). The third-order valence-electron chi connectivity index (χ3n) is 2.54. The van der Waals surface area contributed by atoms with Crippen molar-refractivity contribution in [3.05, 3.63) is 34.7 Å². The van der Waals surface area contributed by atoms with E-state index in [1.165, 1.54) is 23.0 Å². The summed E-state index contributed by atoms with van der Waals surface area (Å²) in [7, 11) is -3.90. The van der Waals surface area contributed by atoms with Gasteiger partial charge in [0.1, 0.15) is 10.7 Å². The van der Waals surface area contributed by atoms with Crippen LogP contribution in [-0.2, 0) is 16.6 Å². The van der Waals surface area contributed by atoms with Gasteiger partial charge in [-0.3, -0.25) is 9.40 Å². The zero-order valence-electron chi connectivity index (χ0n) is 10.5. The Kier molecular flexibility index (Phi) is 4.00. The molecular formula is C11H12BrFN4O2S. The van der Waals surface area contributed by atoms with Gasteiger partial charge < -0.3 is 5.73 Å². The highest BCUT2D eigenvalue weighted by molar-refractivity contribution is 9.10. The lowest BCUT2D eigenvalue weighted by Crippen LogP contribution is -2.14. The lowest BCUT2D eigenvalue weighted by atomic mass is 10.3. The van der Waals surface area contributed by atoms with E-state index in [-0.39, 0.29) is 20.9 Å². The molecule has 0 aliphatic heterocycles. The number of sulfonamides is 1. The van der Waals surface area contributed by atoms with E-state index < -0.39 is 15.8 Å². The summed E-state index contributed by atoms with van der Waals surface area (Å²) in [6, 6.07) is 3.92. The summed E-state index contributed by atoms with van der Waals surface area (Å²) in [6.45, 7) is 2.30. The molecule has 0 spiro atoms. The normalized spacial score (nSPS) is 11.6. The molecule has 108 valence electrons. The van der Waals surface area contributed by atoms with E-state index in [1.54, 1.807) is 6.92 Å². The first-order chi connectivity index (χ1) is 9.33. The van der Waals surface area contributed by atoms with Gasteiger partial charge in [0.15, 0.2) is 5.82 Å². The summed E-state index contributed by atoms with van der Waals surface area (Å²) in [5.41, 5.74) is 5.68. The fourth-order valence-electron chi connectivity index (χ4n) is 1.56. The zero-order chi connectivity index (χ0) is 14.9. The monoisotopic (exact) mass is 362 g/mol. The van der Waals surface area contributed by atoms with Crippen LogP contribution in [0.25, 0.3) is 0 Å². The van der Waals surface area contributed by atoms with Crippen molar-refractivity contribution in [2.75, 3.05) is 10.5 Å². The highest BCUT2D eigenvalue weighted by atomic mass is 79.9. The number of benzene rings is 1. The van der Waals surface area contributed by atoms with Crippen molar-refractivity contribution in [3.8, 4) is 0 Å². The summed E-state index contributed by atoms with van der Waals surface area (Å²) in [5.74, 6) is -0.667. The number of halogens is 2. The van der Waals surface area contributed by atoms with Crippen molar-refractivity contribution < 1.29 is 12.8 Å². The molecule has 0 radical (unpaired) electrons. The number of nitrogens with two attached hydrogens (primary N) is 1. The summed E-state index contributed by atoms with van der Waals surface area (Å²) in [4.78, 5) is -0.136. The van der Waals surface area contributed by atoms with Crippen LogP contribution in [0.5, 0.6) is 0 Å². The fourth-order valence-corrected chi connectivity index (χ4v) is 2.93. The molecule has 1 aromatic heterocycles. The molecule has 0 amide bonds. The molecule has 2 aromatic rings. The summed E-state index contributed by atoms with van der Waals surface area (Å²) in [6.07, 6.45) is 1.33. The van der Waals surface area contributed by atoms with Crippen molar-refractivity contribution in [2.24, 2.45) is 0 Å². The van der Waals surface area contributed by atoms with Gasteiger partial charge in [-0.1, -0.05) is 0 Å². The highest BCUT2D eigenvalue weighted by Gasteiger charge is 2.21. The van der Waals surface area contributed by atoms with Gasteiger partial charge >= 0.3 is 0 Å². The number of aromatic nitrogens is 2. The molecule has 0 fully saturated rings. The zero-order valence-corrected chi connectivity index (χ0v) is 12.9. The largest absolute Gasteiger partial charge is 0.381 e. The minimum atomic E-state index is -3.90. The van der Waals surface area contributed by atoms with E-state index >= 15 is 0 Å². The second-order valence-corrected chi connectivity index (χ2v) is 6.47. The lowest BCUT2D eigenvalue weighted by Gasteiger charge is -2.07. The molecule has 6 nitrogen and oxygen atoms in total. The average molecular weight is 363 g/mol. The van der Waals surface area contributed by atoms with Crippen molar-refractivity contribution in [3.63, 3.8) is 0 Å². The minimum Gasteiger partial charge on any atom is -0.381 e. The molecule has 9 heteroatoms. The van der Waals surface area contributed by atoms with Gasteiger partial charge in [0.05, 0.1) is 10.2 Å². The van der Waals surface area contributed by atoms with Crippen LogP contribution in [0.2, 0.25) is 0 Å². The molecule has 0 bridgehead atoms. The highest BCUT2D eigenvalue weighted by Crippen LogP contribution is 2.23. The van der Waals surface area contributed by atoms with Crippen molar-refractivity contribution in [1.82, 2.24) is 9.78 Å². The molecule has 0 aliphatic carbocycles. The van der Waals surface area contributed by atoms with Gasteiger partial charge in [0, 0.05) is 12.7 Å². The predicted octanol–water partition coefficient (Wildman–Crippen LogP) is 2.19. The van der Waals surface area contributed by atoms with E-state index in [0.29, 0.717) is 6.54 Å². The molecule has 0 saturated heterocycles. The molecule has 0 unspecified atom stereocenters. The number of hydrogen-bond acceptors (Lipinski definition) is 4. The molecule has 0 aliphatic rings. The summed E-state index contributed by atoms with van der Waals surface area (Å²) >= 11 is 2.99. The van der Waals surface area contributed by atoms with Crippen molar-refractivity contribution in [1.29, 1.82) is 0 Å². The first-order valence-electron chi connectivity index (χ1n) is 5.64. The molecule has 0 atom stereocenters. The standard InChI is InChI=1S/C11H12BrFN4O2S/c1-2-17-6-10(11(14)15-17)20(18,19)16-7-3-4-8(12)9(13)5-7/h3-6,16H,2H2,1H3,(H2,14,15). The van der Waals surface area contributed by atoms with Crippen LogP contribution in [0.3, 0.4) is 0 Å². The van der Waals surface area contributed by atoms with Crippen LogP contribution in [0.1, 0.15) is 6.92 Å². The Balaban J connectivity index is 2.35. The predicted molar refractivity (Wildman–Crippen MR) is 77.2 cm³/mol. The first-order valence-corrected chi connectivity index (χ1v) is 7.92. The smallest absolute Gasteiger partial charge is 0.267 e. The van der Waals surface area contributed by atoms with Crippen LogP contribution in [0.15, 0.2) is 33.8 Å². The van der Waals surface area contributed by atoms with Gasteiger partial charge in [-0.25, -0.2) is 12.8 Å². The Labute approximate surface area is 124 Å². The van der Waals surface area contributed by atoms with E-state index in [9.17, 15) is 12.8 Å². The lowest BCUT2D eigenvalue weighted by molar-refractivity contribution is 0.600. The molecule has 1 aromatic carbocycles. The van der Waals surface area contributed by atoms with E-state index in [1.807, 2.05) is 0 Å². The topological polar surface area (TPSA) is 90.0 Å². The van der Waals surface area contributed by atoms with Gasteiger partial charge in [0.2, 0.25) is 0 Å². The quantitative estimate of drug-likeness (QED) is 0.871. The number of nitrogens with zero attached hydrogens (tertiary/aromatic N) is 2. The molecule has 1 heterocycles. The van der Waals surface area contributed by atoms with Crippen LogP contribution >= 0.6 is 15.9 Å². The Hall–Kier alpha value is -1.61. The van der Waals surface area contributed by atoms with Crippen LogP contribution in [0, 0.1) is 5.82 Å². The number of hydrogen-bond donors (Lipinski definition) is 2. The Morgan fingerprint density at radius 1 is 1.50 bits per heavy atom. The third kappa shape index (κ3) is 2.93. The van der Waals surface area contributed by atoms with E-state index in [2.05, 4.69) is 25.8 Å². The summed E-state index contributed by atoms with van der Waals surface area (Å²) < 4.78 is 41.6. The SMILES string of the molecule is CCn1cc(S(=O)(=O)Nc2ccc(Br)c(F)c2)c(N)n1. The number of aryl methyl sites for hydroxylation is 1. The number of nitrogen functional groups attached to an aromatic ring is 1. The molecular weight excluding hydrogens is 351 g/mol. The Morgan fingerprint density at radius 3 is 2.75 bits per heavy atom. The Morgan fingerprint density at radius 2 is 2.20 bits per heavy atom. The number of nitrogens with one attached hydrogen (secondary N) is 1. The fraction of sp³-hybridized carbons (Fsp3) is 0.182. The van der Waals surface area contributed by atoms with Gasteiger partial charge in [-0.2, -0.15) is 5.10 Å².